The van der Waals surface area contributed by atoms with E-state index in [1.54, 1.807) is 6.07 Å². The van der Waals surface area contributed by atoms with Crippen molar-refractivity contribution in [1.82, 2.24) is 0 Å². The van der Waals surface area contributed by atoms with E-state index >= 15 is 0 Å². The van der Waals surface area contributed by atoms with Crippen molar-refractivity contribution in [2.24, 2.45) is 0 Å². The monoisotopic (exact) mass is 510 g/mol. The molecule has 0 spiro atoms. The normalized spacial score (nSPS) is 31.8. The van der Waals surface area contributed by atoms with E-state index in [-0.39, 0.29) is 29.2 Å². The summed E-state index contributed by atoms with van der Waals surface area (Å²) in [7, 11) is 4.14. The predicted molar refractivity (Wildman–Crippen MR) is 121 cm³/mol. The van der Waals surface area contributed by atoms with E-state index in [4.69, 9.17) is 28.4 Å². The molecule has 198 valence electrons. The number of hydrogen-bond donors (Lipinski definition) is 6. The SMILES string of the molecule is COc1cc(OC)c2c(c1)OC(O[C@@H]1O[C@@H](C)[C@H](O)[C@@H](O)[C@H]1O)(c1cc(O)c(O)c(OC)c1)CC2O. The summed E-state index contributed by atoms with van der Waals surface area (Å²) in [4.78, 5) is 0. The number of aliphatic hydroxyl groups is 4. The molecule has 12 nitrogen and oxygen atoms in total. The van der Waals surface area contributed by atoms with E-state index in [0.29, 0.717) is 11.3 Å². The van der Waals surface area contributed by atoms with Gasteiger partial charge in [-0.15, -0.1) is 0 Å². The van der Waals surface area contributed by atoms with Crippen LogP contribution < -0.4 is 18.9 Å². The zero-order valence-corrected chi connectivity index (χ0v) is 20.1. The molecule has 36 heavy (non-hydrogen) atoms. The fourth-order valence-corrected chi connectivity index (χ4v) is 4.44. The molecular weight excluding hydrogens is 480 g/mol. The van der Waals surface area contributed by atoms with Gasteiger partial charge < -0.3 is 59.1 Å². The van der Waals surface area contributed by atoms with Crippen molar-refractivity contribution in [1.29, 1.82) is 0 Å². The molecular formula is C24H30O12. The summed E-state index contributed by atoms with van der Waals surface area (Å²) in [6, 6.07) is 5.54. The number of hydrogen-bond acceptors (Lipinski definition) is 12. The molecule has 1 fully saturated rings. The molecule has 2 aromatic rings. The Hall–Kier alpha value is -3.00. The van der Waals surface area contributed by atoms with Gasteiger partial charge in [-0.1, -0.05) is 0 Å². The molecule has 12 heteroatoms. The van der Waals surface area contributed by atoms with Crippen LogP contribution in [0.2, 0.25) is 0 Å². The molecule has 2 aliphatic rings. The van der Waals surface area contributed by atoms with Crippen LogP contribution in [0.3, 0.4) is 0 Å². The molecule has 0 radical (unpaired) electrons. The van der Waals surface area contributed by atoms with Gasteiger partial charge in [0.05, 0.1) is 39.1 Å². The highest BCUT2D eigenvalue weighted by Gasteiger charge is 2.51. The number of ether oxygens (including phenoxy) is 6. The first-order chi connectivity index (χ1) is 17.0. The molecule has 0 aliphatic carbocycles. The Bertz CT molecular complexity index is 1110. The highest BCUT2D eigenvalue weighted by Crippen LogP contribution is 2.52. The minimum absolute atomic E-state index is 0.0881. The van der Waals surface area contributed by atoms with Crippen LogP contribution in [-0.2, 0) is 15.3 Å². The summed E-state index contributed by atoms with van der Waals surface area (Å²) in [6.07, 6.45) is -8.65. The average Bonchev–Trinajstić information content (AvgIpc) is 2.86. The van der Waals surface area contributed by atoms with Crippen molar-refractivity contribution in [3.8, 4) is 34.5 Å². The van der Waals surface area contributed by atoms with Gasteiger partial charge in [-0.3, -0.25) is 0 Å². The number of aliphatic hydroxyl groups excluding tert-OH is 4. The minimum Gasteiger partial charge on any atom is -0.504 e. The molecule has 2 unspecified atom stereocenters. The lowest BCUT2D eigenvalue weighted by Crippen LogP contribution is -2.59. The Morgan fingerprint density at radius 1 is 0.861 bits per heavy atom. The second-order valence-corrected chi connectivity index (χ2v) is 8.66. The predicted octanol–water partition coefficient (Wildman–Crippen LogP) is 0.637. The van der Waals surface area contributed by atoms with Crippen LogP contribution in [0.15, 0.2) is 24.3 Å². The average molecular weight is 510 g/mol. The molecule has 6 N–H and O–H groups in total. The third-order valence-electron chi connectivity index (χ3n) is 6.43. The van der Waals surface area contributed by atoms with E-state index in [0.717, 1.165) is 6.07 Å². The highest BCUT2D eigenvalue weighted by molar-refractivity contribution is 5.56. The van der Waals surface area contributed by atoms with Crippen LogP contribution in [0.1, 0.15) is 30.6 Å². The fraction of sp³-hybridized carbons (Fsp3) is 0.500. The van der Waals surface area contributed by atoms with E-state index < -0.39 is 54.1 Å². The summed E-state index contributed by atoms with van der Waals surface area (Å²) >= 11 is 0. The first kappa shape index (κ1) is 26.1. The van der Waals surface area contributed by atoms with Crippen molar-refractivity contribution in [3.63, 3.8) is 0 Å². The fourth-order valence-electron chi connectivity index (χ4n) is 4.44. The number of aromatic hydroxyl groups is 2. The Kier molecular flexibility index (Phi) is 7.10. The second-order valence-electron chi connectivity index (χ2n) is 8.66. The van der Waals surface area contributed by atoms with Gasteiger partial charge >= 0.3 is 0 Å². The van der Waals surface area contributed by atoms with Gasteiger partial charge in [0.2, 0.25) is 11.5 Å². The van der Waals surface area contributed by atoms with Crippen LogP contribution in [0.4, 0.5) is 0 Å². The third-order valence-corrected chi connectivity index (χ3v) is 6.43. The van der Waals surface area contributed by atoms with Crippen LogP contribution in [0.25, 0.3) is 0 Å². The largest absolute Gasteiger partial charge is 0.504 e. The quantitative estimate of drug-likeness (QED) is 0.299. The number of methoxy groups -OCH3 is 3. The molecule has 2 heterocycles. The van der Waals surface area contributed by atoms with Crippen LogP contribution >= 0.6 is 0 Å². The Balaban J connectivity index is 1.87. The first-order valence-corrected chi connectivity index (χ1v) is 11.2. The van der Waals surface area contributed by atoms with E-state index in [1.165, 1.54) is 40.4 Å². The minimum atomic E-state index is -1.95. The molecule has 0 bridgehead atoms. The first-order valence-electron chi connectivity index (χ1n) is 11.2. The van der Waals surface area contributed by atoms with Gasteiger partial charge in [0.15, 0.2) is 17.8 Å². The van der Waals surface area contributed by atoms with Gasteiger partial charge in [0.1, 0.15) is 35.6 Å². The van der Waals surface area contributed by atoms with Crippen molar-refractivity contribution < 1.29 is 59.1 Å². The maximum atomic E-state index is 11.2. The van der Waals surface area contributed by atoms with Crippen LogP contribution in [-0.4, -0.2) is 82.7 Å². The maximum absolute atomic E-state index is 11.2. The van der Waals surface area contributed by atoms with Crippen molar-refractivity contribution >= 4 is 0 Å². The van der Waals surface area contributed by atoms with Crippen molar-refractivity contribution in [2.45, 2.75) is 55.9 Å². The molecule has 2 aliphatic heterocycles. The Labute approximate surface area is 206 Å². The number of fused-ring (bicyclic) bond motifs is 1. The van der Waals surface area contributed by atoms with Gasteiger partial charge in [0.25, 0.3) is 0 Å². The lowest BCUT2D eigenvalue weighted by atomic mass is 9.90. The zero-order chi connectivity index (χ0) is 26.4. The van der Waals surface area contributed by atoms with E-state index in [1.807, 2.05) is 0 Å². The van der Waals surface area contributed by atoms with Gasteiger partial charge in [-0.25, -0.2) is 0 Å². The molecule has 1 saturated heterocycles. The third kappa shape index (κ3) is 4.36. The molecule has 0 saturated carbocycles. The lowest BCUT2D eigenvalue weighted by Gasteiger charge is -2.46. The molecule has 2 aromatic carbocycles. The molecule has 7 atom stereocenters. The number of benzene rings is 2. The second kappa shape index (κ2) is 9.81. The van der Waals surface area contributed by atoms with Crippen LogP contribution in [0.5, 0.6) is 34.5 Å². The number of phenols is 2. The summed E-state index contributed by atoms with van der Waals surface area (Å²) in [5.74, 6) is -2.41. The number of rotatable bonds is 6. The van der Waals surface area contributed by atoms with Crippen molar-refractivity contribution in [3.05, 3.63) is 35.4 Å². The Morgan fingerprint density at radius 3 is 2.19 bits per heavy atom. The van der Waals surface area contributed by atoms with E-state index in [2.05, 4.69) is 0 Å². The highest BCUT2D eigenvalue weighted by atomic mass is 16.8. The summed E-state index contributed by atoms with van der Waals surface area (Å²) in [5.41, 5.74) is 0.395. The zero-order valence-electron chi connectivity index (χ0n) is 20.1. The van der Waals surface area contributed by atoms with E-state index in [9.17, 15) is 30.6 Å². The summed E-state index contributed by atoms with van der Waals surface area (Å²) in [5, 5.41) is 62.7. The molecule has 0 amide bonds. The van der Waals surface area contributed by atoms with Crippen molar-refractivity contribution in [2.75, 3.05) is 21.3 Å². The van der Waals surface area contributed by atoms with Crippen LogP contribution in [0, 0.1) is 0 Å². The maximum Gasteiger partial charge on any atom is 0.242 e. The number of phenolic OH excluding ortho intramolecular Hbond substituents is 2. The standard InChI is InChI=1S/C24H30O12/c1-10-19(27)21(29)22(30)23(34-10)36-24(11-5-13(25)20(28)17(6-11)33-4)9-14(26)18-15(32-3)7-12(31-2)8-16(18)35-24/h5-8,10,14,19,21-23,25-30H,9H2,1-4H3/t10-,14?,19-,21+,22+,23-,24?/m0/s1. The topological polar surface area (TPSA) is 177 Å². The lowest BCUT2D eigenvalue weighted by molar-refractivity contribution is -0.362. The van der Waals surface area contributed by atoms with Gasteiger partial charge in [0, 0.05) is 24.1 Å². The molecule has 0 aromatic heterocycles. The summed E-state index contributed by atoms with van der Waals surface area (Å²) in [6.45, 7) is 1.49. The van der Waals surface area contributed by atoms with Gasteiger partial charge in [-0.2, -0.15) is 0 Å². The summed E-state index contributed by atoms with van der Waals surface area (Å²) < 4.78 is 33.9. The van der Waals surface area contributed by atoms with Gasteiger partial charge in [-0.05, 0) is 19.1 Å². The Morgan fingerprint density at radius 2 is 1.56 bits per heavy atom. The molecule has 4 rings (SSSR count). The smallest absolute Gasteiger partial charge is 0.242 e.